The van der Waals surface area contributed by atoms with E-state index in [1.807, 2.05) is 0 Å². The van der Waals surface area contributed by atoms with Crippen molar-refractivity contribution in [3.63, 3.8) is 0 Å². The van der Waals surface area contributed by atoms with Gasteiger partial charge in [0.15, 0.2) is 0 Å². The summed E-state index contributed by atoms with van der Waals surface area (Å²) in [4.78, 5) is 0. The second kappa shape index (κ2) is 5.89. The minimum absolute atomic E-state index is 0.353. The Kier molecular flexibility index (Phi) is 4.59. The summed E-state index contributed by atoms with van der Waals surface area (Å²) in [5.41, 5.74) is 6.22. The summed E-state index contributed by atoms with van der Waals surface area (Å²) in [7, 11) is 0. The van der Waals surface area contributed by atoms with Crippen LogP contribution in [0, 0.1) is 32.1 Å². The molecule has 1 aromatic carbocycles. The third-order valence-corrected chi connectivity index (χ3v) is 4.75. The zero-order chi connectivity index (χ0) is 14.9. The van der Waals surface area contributed by atoms with Crippen molar-refractivity contribution in [2.24, 2.45) is 11.3 Å². The summed E-state index contributed by atoms with van der Waals surface area (Å²) >= 11 is 0. The van der Waals surface area contributed by atoms with Gasteiger partial charge in [-0.3, -0.25) is 0 Å². The molecule has 1 aromatic rings. The van der Waals surface area contributed by atoms with Gasteiger partial charge in [-0.05, 0) is 74.6 Å². The van der Waals surface area contributed by atoms with Crippen LogP contribution in [-0.4, -0.2) is 12.6 Å². The Morgan fingerprint density at radius 2 is 1.65 bits per heavy atom. The zero-order valence-electron chi connectivity index (χ0n) is 14.1. The van der Waals surface area contributed by atoms with E-state index < -0.39 is 0 Å². The summed E-state index contributed by atoms with van der Waals surface area (Å²) in [6.07, 6.45) is 3.94. The maximum atomic E-state index is 3.73. The minimum atomic E-state index is 0.353. The Labute approximate surface area is 125 Å². The second-order valence-corrected chi connectivity index (χ2v) is 7.83. The van der Waals surface area contributed by atoms with Crippen molar-refractivity contribution in [3.8, 4) is 0 Å². The molecule has 2 rings (SSSR count). The van der Waals surface area contributed by atoms with Crippen LogP contribution < -0.4 is 5.32 Å². The van der Waals surface area contributed by atoms with Crippen LogP contribution in [0.5, 0.6) is 0 Å². The lowest BCUT2D eigenvalue weighted by molar-refractivity contribution is 0.229. The normalized spacial score (nSPS) is 17.3. The van der Waals surface area contributed by atoms with Crippen LogP contribution in [0.1, 0.15) is 55.9 Å². The van der Waals surface area contributed by atoms with Crippen molar-refractivity contribution in [3.05, 3.63) is 34.4 Å². The van der Waals surface area contributed by atoms with Gasteiger partial charge in [0, 0.05) is 6.04 Å². The fraction of sp³-hybridized carbons (Fsp3) is 0.684. The lowest BCUT2D eigenvalue weighted by Gasteiger charge is -2.32. The van der Waals surface area contributed by atoms with Crippen LogP contribution in [0.4, 0.5) is 0 Å². The Bertz CT molecular complexity index is 440. The molecular formula is C19H31N. The molecule has 0 spiro atoms. The first kappa shape index (κ1) is 15.6. The van der Waals surface area contributed by atoms with Crippen molar-refractivity contribution >= 4 is 0 Å². The van der Waals surface area contributed by atoms with Crippen LogP contribution in [0.15, 0.2) is 12.1 Å². The first-order valence-electron chi connectivity index (χ1n) is 8.07. The molecule has 0 bridgehead atoms. The van der Waals surface area contributed by atoms with Gasteiger partial charge in [-0.25, -0.2) is 0 Å². The van der Waals surface area contributed by atoms with Crippen LogP contribution in [0.25, 0.3) is 0 Å². The molecule has 0 amide bonds. The van der Waals surface area contributed by atoms with E-state index in [2.05, 4.69) is 59.0 Å². The Hall–Kier alpha value is -0.820. The van der Waals surface area contributed by atoms with Gasteiger partial charge in [-0.1, -0.05) is 38.5 Å². The third kappa shape index (κ3) is 4.09. The number of hydrogen-bond donors (Lipinski definition) is 1. The lowest BCUT2D eigenvalue weighted by atomic mass is 9.76. The summed E-state index contributed by atoms with van der Waals surface area (Å²) in [5, 5.41) is 3.73. The average molecular weight is 273 g/mol. The summed E-state index contributed by atoms with van der Waals surface area (Å²) < 4.78 is 0. The molecule has 1 N–H and O–H groups in total. The highest BCUT2D eigenvalue weighted by atomic mass is 14.9. The van der Waals surface area contributed by atoms with Gasteiger partial charge < -0.3 is 5.32 Å². The fourth-order valence-electron chi connectivity index (χ4n) is 3.06. The van der Waals surface area contributed by atoms with Gasteiger partial charge in [0.25, 0.3) is 0 Å². The number of aryl methyl sites for hydroxylation is 3. The molecule has 0 aromatic heterocycles. The lowest BCUT2D eigenvalue weighted by Crippen LogP contribution is -2.34. The topological polar surface area (TPSA) is 12.0 Å². The maximum absolute atomic E-state index is 3.73. The molecule has 1 unspecified atom stereocenters. The van der Waals surface area contributed by atoms with E-state index in [0.29, 0.717) is 11.3 Å². The summed E-state index contributed by atoms with van der Waals surface area (Å²) in [6.45, 7) is 15.0. The molecule has 0 radical (unpaired) electrons. The first-order valence-corrected chi connectivity index (χ1v) is 8.07. The highest BCUT2D eigenvalue weighted by Crippen LogP contribution is 2.32. The Balaban J connectivity index is 2.14. The number of rotatable bonds is 5. The molecule has 0 saturated heterocycles. The molecule has 1 nitrogen and oxygen atoms in total. The smallest absolute Gasteiger partial charge is 0.00683 e. The number of nitrogens with one attached hydrogen (secondary N) is 1. The van der Waals surface area contributed by atoms with E-state index in [1.165, 1.54) is 36.0 Å². The minimum Gasteiger partial charge on any atom is -0.314 e. The van der Waals surface area contributed by atoms with Crippen LogP contribution in [0.2, 0.25) is 0 Å². The van der Waals surface area contributed by atoms with E-state index >= 15 is 0 Å². The molecule has 0 aliphatic heterocycles. The van der Waals surface area contributed by atoms with Gasteiger partial charge >= 0.3 is 0 Å². The van der Waals surface area contributed by atoms with Crippen molar-refractivity contribution in [2.45, 2.75) is 66.8 Å². The van der Waals surface area contributed by atoms with Crippen molar-refractivity contribution in [2.75, 3.05) is 6.54 Å². The number of hydrogen-bond acceptors (Lipinski definition) is 1. The quantitative estimate of drug-likeness (QED) is 0.828. The van der Waals surface area contributed by atoms with E-state index in [4.69, 9.17) is 0 Å². The molecular weight excluding hydrogens is 242 g/mol. The van der Waals surface area contributed by atoms with E-state index in [1.54, 1.807) is 5.56 Å². The molecule has 1 aliphatic rings. The number of benzene rings is 1. The maximum Gasteiger partial charge on any atom is 0.00683 e. The predicted molar refractivity (Wildman–Crippen MR) is 88.3 cm³/mol. The van der Waals surface area contributed by atoms with Gasteiger partial charge in [0.05, 0.1) is 0 Å². The molecule has 112 valence electrons. The second-order valence-electron chi connectivity index (χ2n) is 7.83. The molecule has 1 atom stereocenters. The van der Waals surface area contributed by atoms with E-state index in [0.717, 1.165) is 12.6 Å². The van der Waals surface area contributed by atoms with E-state index in [-0.39, 0.29) is 0 Å². The predicted octanol–water partition coefficient (Wildman–Crippen LogP) is 4.57. The molecule has 20 heavy (non-hydrogen) atoms. The van der Waals surface area contributed by atoms with E-state index in [9.17, 15) is 0 Å². The monoisotopic (exact) mass is 273 g/mol. The van der Waals surface area contributed by atoms with Crippen LogP contribution in [0.3, 0.4) is 0 Å². The van der Waals surface area contributed by atoms with Gasteiger partial charge in [0.1, 0.15) is 0 Å². The molecule has 1 saturated carbocycles. The SMILES string of the molecule is Cc1cc(C)c(CC(CNC2CC2)C(C)(C)C)c(C)c1. The molecule has 0 heterocycles. The fourth-order valence-corrected chi connectivity index (χ4v) is 3.06. The molecule has 1 heteroatoms. The first-order chi connectivity index (χ1) is 9.27. The largest absolute Gasteiger partial charge is 0.314 e. The van der Waals surface area contributed by atoms with Crippen molar-refractivity contribution < 1.29 is 0 Å². The van der Waals surface area contributed by atoms with Gasteiger partial charge in [-0.2, -0.15) is 0 Å². The molecule has 1 fully saturated rings. The van der Waals surface area contributed by atoms with Crippen molar-refractivity contribution in [1.29, 1.82) is 0 Å². The Morgan fingerprint density at radius 1 is 1.10 bits per heavy atom. The Morgan fingerprint density at radius 3 is 2.10 bits per heavy atom. The standard InChI is InChI=1S/C19H31N/c1-13-9-14(2)18(15(3)10-13)11-16(19(4,5)6)12-20-17-7-8-17/h9-10,16-17,20H,7-8,11-12H2,1-6H3. The van der Waals surface area contributed by atoms with Gasteiger partial charge in [-0.15, -0.1) is 0 Å². The summed E-state index contributed by atoms with van der Waals surface area (Å²) in [5.74, 6) is 0.697. The zero-order valence-corrected chi connectivity index (χ0v) is 14.1. The highest BCUT2D eigenvalue weighted by Gasteiger charge is 2.28. The van der Waals surface area contributed by atoms with Crippen LogP contribution >= 0.6 is 0 Å². The average Bonchev–Trinajstić information content (AvgIpc) is 3.08. The van der Waals surface area contributed by atoms with Crippen molar-refractivity contribution in [1.82, 2.24) is 5.32 Å². The molecule has 1 aliphatic carbocycles. The highest BCUT2D eigenvalue weighted by molar-refractivity contribution is 5.37. The summed E-state index contributed by atoms with van der Waals surface area (Å²) in [6, 6.07) is 5.47. The van der Waals surface area contributed by atoms with Crippen LogP contribution in [-0.2, 0) is 6.42 Å². The van der Waals surface area contributed by atoms with Gasteiger partial charge in [0.2, 0.25) is 0 Å². The third-order valence-electron chi connectivity index (χ3n) is 4.75.